The van der Waals surface area contributed by atoms with Crippen LogP contribution in [0.3, 0.4) is 0 Å². The molecule has 1 aromatic carbocycles. The largest absolute Gasteiger partial charge is 0.481 e. The number of aliphatic carboxylic acids is 1. The Labute approximate surface area is 132 Å². The zero-order chi connectivity index (χ0) is 14.8. The molecule has 0 radical (unpaired) electrons. The zero-order valence-corrected chi connectivity index (χ0v) is 12.9. The monoisotopic (exact) mass is 322 g/mol. The third kappa shape index (κ3) is 3.19. The second-order valence-electron chi connectivity index (χ2n) is 5.14. The van der Waals surface area contributed by atoms with Crippen molar-refractivity contribution in [3.8, 4) is 10.4 Å². The molecule has 1 unspecified atom stereocenters. The van der Waals surface area contributed by atoms with Crippen LogP contribution in [-0.2, 0) is 4.79 Å². The first-order chi connectivity index (χ1) is 10.1. The highest BCUT2D eigenvalue weighted by Gasteiger charge is 2.26. The number of benzene rings is 1. The van der Waals surface area contributed by atoms with Gasteiger partial charge in [0.1, 0.15) is 0 Å². The fourth-order valence-electron chi connectivity index (χ4n) is 2.51. The molecule has 0 aliphatic carbocycles. The van der Waals surface area contributed by atoms with Crippen LogP contribution < -0.4 is 4.90 Å². The van der Waals surface area contributed by atoms with E-state index in [4.69, 9.17) is 16.7 Å². The van der Waals surface area contributed by atoms with Crippen LogP contribution in [0.25, 0.3) is 10.4 Å². The Morgan fingerprint density at radius 2 is 2.14 bits per heavy atom. The second kappa shape index (κ2) is 6.03. The summed E-state index contributed by atoms with van der Waals surface area (Å²) >= 11 is 7.49. The minimum atomic E-state index is -0.714. The molecule has 1 atom stereocenters. The molecule has 0 saturated carbocycles. The van der Waals surface area contributed by atoms with Crippen molar-refractivity contribution in [1.82, 2.24) is 4.98 Å². The van der Waals surface area contributed by atoms with E-state index in [-0.39, 0.29) is 5.92 Å². The molecule has 0 bridgehead atoms. The van der Waals surface area contributed by atoms with Crippen LogP contribution in [0.1, 0.15) is 12.8 Å². The van der Waals surface area contributed by atoms with Gasteiger partial charge in [0.2, 0.25) is 0 Å². The Balaban J connectivity index is 1.78. The van der Waals surface area contributed by atoms with E-state index in [1.165, 1.54) is 0 Å². The highest BCUT2D eigenvalue weighted by atomic mass is 35.5. The van der Waals surface area contributed by atoms with Gasteiger partial charge >= 0.3 is 5.97 Å². The van der Waals surface area contributed by atoms with E-state index in [9.17, 15) is 4.79 Å². The van der Waals surface area contributed by atoms with Gasteiger partial charge in [-0.15, -0.1) is 0 Å². The maximum Gasteiger partial charge on any atom is 0.308 e. The van der Waals surface area contributed by atoms with Crippen molar-refractivity contribution in [2.45, 2.75) is 12.8 Å². The van der Waals surface area contributed by atoms with Crippen molar-refractivity contribution in [3.63, 3.8) is 0 Å². The van der Waals surface area contributed by atoms with Crippen LogP contribution in [0, 0.1) is 5.92 Å². The lowest BCUT2D eigenvalue weighted by Crippen LogP contribution is -2.38. The number of piperidine rings is 1. The summed E-state index contributed by atoms with van der Waals surface area (Å²) in [5.41, 5.74) is 1.08. The maximum absolute atomic E-state index is 11.1. The first-order valence-electron chi connectivity index (χ1n) is 6.83. The number of aromatic nitrogens is 1. The van der Waals surface area contributed by atoms with Crippen molar-refractivity contribution in [1.29, 1.82) is 0 Å². The second-order valence-corrected chi connectivity index (χ2v) is 6.58. The summed E-state index contributed by atoms with van der Waals surface area (Å²) in [6.07, 6.45) is 3.49. The van der Waals surface area contributed by atoms with Crippen LogP contribution in [0.4, 0.5) is 5.13 Å². The molecule has 4 nitrogen and oxygen atoms in total. The molecule has 1 aromatic heterocycles. The fraction of sp³-hybridized carbons (Fsp3) is 0.333. The van der Waals surface area contributed by atoms with Gasteiger partial charge in [-0.3, -0.25) is 4.79 Å². The van der Waals surface area contributed by atoms with Crippen LogP contribution in [0.5, 0.6) is 0 Å². The number of nitrogens with zero attached hydrogens (tertiary/aromatic N) is 2. The molecule has 0 spiro atoms. The lowest BCUT2D eigenvalue weighted by atomic mass is 9.99. The molecule has 110 valence electrons. The Hall–Kier alpha value is -1.59. The average Bonchev–Trinajstić information content (AvgIpc) is 2.98. The first-order valence-corrected chi connectivity index (χ1v) is 8.02. The van der Waals surface area contributed by atoms with Gasteiger partial charge in [-0.2, -0.15) is 0 Å². The molecule has 3 rings (SSSR count). The van der Waals surface area contributed by atoms with E-state index < -0.39 is 5.97 Å². The molecule has 1 N–H and O–H groups in total. The molecule has 1 fully saturated rings. The Bertz CT molecular complexity index is 641. The van der Waals surface area contributed by atoms with Gasteiger partial charge in [0.15, 0.2) is 5.13 Å². The molecular formula is C15H15ClN2O2S. The molecule has 6 heteroatoms. The predicted molar refractivity (Wildman–Crippen MR) is 85.1 cm³/mol. The number of halogens is 1. The summed E-state index contributed by atoms with van der Waals surface area (Å²) in [4.78, 5) is 18.7. The number of thiazole rings is 1. The molecule has 0 amide bonds. The van der Waals surface area contributed by atoms with Gasteiger partial charge in [-0.05, 0) is 30.5 Å². The van der Waals surface area contributed by atoms with E-state index in [1.54, 1.807) is 11.3 Å². The van der Waals surface area contributed by atoms with Crippen LogP contribution in [-0.4, -0.2) is 29.1 Å². The maximum atomic E-state index is 11.1. The van der Waals surface area contributed by atoms with Gasteiger partial charge in [-0.1, -0.05) is 35.1 Å². The number of hydrogen-bond donors (Lipinski definition) is 1. The smallest absolute Gasteiger partial charge is 0.308 e. The Morgan fingerprint density at radius 1 is 1.38 bits per heavy atom. The highest BCUT2D eigenvalue weighted by molar-refractivity contribution is 7.18. The van der Waals surface area contributed by atoms with Gasteiger partial charge in [0.05, 0.1) is 10.8 Å². The standard InChI is InChI=1S/C15H15ClN2O2S/c16-12-5-3-10(4-6-12)13-8-17-15(21-13)18-7-1-2-11(9-18)14(19)20/h3-6,8,11H,1-2,7,9H2,(H,19,20). The number of hydrogen-bond acceptors (Lipinski definition) is 4. The molecule has 21 heavy (non-hydrogen) atoms. The normalized spacial score (nSPS) is 18.7. The van der Waals surface area contributed by atoms with Gasteiger partial charge in [-0.25, -0.2) is 4.98 Å². The molecular weight excluding hydrogens is 308 g/mol. The summed E-state index contributed by atoms with van der Waals surface area (Å²) in [7, 11) is 0. The summed E-state index contributed by atoms with van der Waals surface area (Å²) in [6.45, 7) is 1.42. The van der Waals surface area contributed by atoms with Gasteiger partial charge in [0, 0.05) is 24.3 Å². The lowest BCUT2D eigenvalue weighted by Gasteiger charge is -2.30. The number of carbonyl (C=O) groups is 1. The van der Waals surface area contributed by atoms with Crippen LogP contribution in [0.2, 0.25) is 5.02 Å². The first kappa shape index (κ1) is 14.4. The quantitative estimate of drug-likeness (QED) is 0.934. The summed E-state index contributed by atoms with van der Waals surface area (Å²) in [5.74, 6) is -1.00. The number of carboxylic acids is 1. The average molecular weight is 323 g/mol. The molecule has 1 aliphatic rings. The van der Waals surface area contributed by atoms with E-state index >= 15 is 0 Å². The topological polar surface area (TPSA) is 53.4 Å². The minimum Gasteiger partial charge on any atom is -0.481 e. The minimum absolute atomic E-state index is 0.290. The number of anilines is 1. The van der Waals surface area contributed by atoms with Crippen molar-refractivity contribution in [3.05, 3.63) is 35.5 Å². The Morgan fingerprint density at radius 3 is 2.86 bits per heavy atom. The van der Waals surface area contributed by atoms with E-state index in [0.29, 0.717) is 11.6 Å². The highest BCUT2D eigenvalue weighted by Crippen LogP contribution is 2.33. The molecule has 1 aliphatic heterocycles. The van der Waals surface area contributed by atoms with Crippen LogP contribution >= 0.6 is 22.9 Å². The summed E-state index contributed by atoms with van der Waals surface area (Å²) in [6, 6.07) is 7.65. The van der Waals surface area contributed by atoms with Crippen molar-refractivity contribution < 1.29 is 9.90 Å². The number of rotatable bonds is 3. The SMILES string of the molecule is O=C(O)C1CCCN(c2ncc(-c3ccc(Cl)cc3)s2)C1. The third-order valence-electron chi connectivity index (χ3n) is 3.66. The van der Waals surface area contributed by atoms with E-state index in [2.05, 4.69) is 9.88 Å². The predicted octanol–water partition coefficient (Wildman–Crippen LogP) is 3.76. The van der Waals surface area contributed by atoms with Crippen molar-refractivity contribution in [2.24, 2.45) is 5.92 Å². The van der Waals surface area contributed by atoms with E-state index in [1.807, 2.05) is 30.5 Å². The fourth-order valence-corrected chi connectivity index (χ4v) is 3.59. The molecule has 2 aromatic rings. The van der Waals surface area contributed by atoms with E-state index in [0.717, 1.165) is 35.0 Å². The van der Waals surface area contributed by atoms with Crippen molar-refractivity contribution >= 4 is 34.0 Å². The van der Waals surface area contributed by atoms with Crippen molar-refractivity contribution in [2.75, 3.05) is 18.0 Å². The molecule has 1 saturated heterocycles. The van der Waals surface area contributed by atoms with Gasteiger partial charge in [0.25, 0.3) is 0 Å². The lowest BCUT2D eigenvalue weighted by molar-refractivity contribution is -0.141. The van der Waals surface area contributed by atoms with Gasteiger partial charge < -0.3 is 10.0 Å². The number of carboxylic acid groups (broad SMARTS) is 1. The molecule has 2 heterocycles. The summed E-state index contributed by atoms with van der Waals surface area (Å²) in [5, 5.41) is 10.8. The van der Waals surface area contributed by atoms with Crippen LogP contribution in [0.15, 0.2) is 30.5 Å². The third-order valence-corrected chi connectivity index (χ3v) is 5.02. The summed E-state index contributed by atoms with van der Waals surface area (Å²) < 4.78 is 0. The zero-order valence-electron chi connectivity index (χ0n) is 11.3. The Kier molecular flexibility index (Phi) is 4.12.